The molecule has 1 aromatic rings. The average Bonchev–Trinajstić information content (AvgIpc) is 2.18. The molecule has 0 heterocycles. The topological polar surface area (TPSA) is 29.1 Å². The summed E-state index contributed by atoms with van der Waals surface area (Å²) in [6.45, 7) is 3.97. The second-order valence-electron chi connectivity index (χ2n) is 3.64. The van der Waals surface area contributed by atoms with E-state index in [1.165, 1.54) is 12.1 Å². The molecule has 0 unspecified atom stereocenters. The molecule has 0 saturated carbocycles. The van der Waals surface area contributed by atoms with E-state index < -0.39 is 5.82 Å². The number of carbonyl (C=O) groups is 1. The second kappa shape index (κ2) is 5.49. The molecule has 15 heavy (non-hydrogen) atoms. The summed E-state index contributed by atoms with van der Waals surface area (Å²) in [5.74, 6) is -0.812. The van der Waals surface area contributed by atoms with Crippen LogP contribution in [0.2, 0.25) is 0 Å². The highest BCUT2D eigenvalue weighted by molar-refractivity contribution is 5.94. The van der Waals surface area contributed by atoms with Crippen LogP contribution < -0.4 is 5.32 Å². The SMILES string of the molecule is CCC[C@H](C)NC(=O)c1ccccc1F. The summed E-state index contributed by atoms with van der Waals surface area (Å²) in [5, 5.41) is 2.76. The Labute approximate surface area is 89.5 Å². The Hall–Kier alpha value is -1.38. The van der Waals surface area contributed by atoms with Crippen LogP contribution in [0.4, 0.5) is 4.39 Å². The number of benzene rings is 1. The Morgan fingerprint density at radius 1 is 1.47 bits per heavy atom. The summed E-state index contributed by atoms with van der Waals surface area (Å²) < 4.78 is 13.2. The Kier molecular flexibility index (Phi) is 4.28. The van der Waals surface area contributed by atoms with Crippen molar-refractivity contribution in [3.8, 4) is 0 Å². The first-order chi connectivity index (χ1) is 7.15. The molecule has 1 rings (SSSR count). The van der Waals surface area contributed by atoms with Crippen molar-refractivity contribution in [2.45, 2.75) is 32.7 Å². The smallest absolute Gasteiger partial charge is 0.254 e. The second-order valence-corrected chi connectivity index (χ2v) is 3.64. The molecule has 0 aliphatic carbocycles. The minimum Gasteiger partial charge on any atom is -0.349 e. The van der Waals surface area contributed by atoms with E-state index in [2.05, 4.69) is 5.32 Å². The minimum absolute atomic E-state index is 0.0853. The highest BCUT2D eigenvalue weighted by Gasteiger charge is 2.12. The number of carbonyl (C=O) groups excluding carboxylic acids is 1. The van der Waals surface area contributed by atoms with Crippen molar-refractivity contribution >= 4 is 5.91 Å². The lowest BCUT2D eigenvalue weighted by molar-refractivity contribution is 0.0934. The first-order valence-electron chi connectivity index (χ1n) is 5.20. The summed E-state index contributed by atoms with van der Waals surface area (Å²) in [6, 6.07) is 6.09. The molecule has 0 aromatic heterocycles. The normalized spacial score (nSPS) is 12.2. The van der Waals surface area contributed by atoms with Crippen LogP contribution in [-0.4, -0.2) is 11.9 Å². The van der Waals surface area contributed by atoms with Crippen LogP contribution >= 0.6 is 0 Å². The van der Waals surface area contributed by atoms with Crippen LogP contribution in [0.5, 0.6) is 0 Å². The zero-order valence-electron chi connectivity index (χ0n) is 9.09. The number of nitrogens with one attached hydrogen (secondary N) is 1. The van der Waals surface area contributed by atoms with Crippen molar-refractivity contribution in [1.29, 1.82) is 0 Å². The van der Waals surface area contributed by atoms with Gasteiger partial charge in [0.15, 0.2) is 0 Å². The molecular weight excluding hydrogens is 193 g/mol. The molecule has 0 fully saturated rings. The Bertz CT molecular complexity index is 338. The molecule has 1 aromatic carbocycles. The van der Waals surface area contributed by atoms with Crippen molar-refractivity contribution < 1.29 is 9.18 Å². The van der Waals surface area contributed by atoms with Crippen LogP contribution in [0.15, 0.2) is 24.3 Å². The predicted molar refractivity (Wildman–Crippen MR) is 58.2 cm³/mol. The number of halogens is 1. The maximum atomic E-state index is 13.2. The van der Waals surface area contributed by atoms with Gasteiger partial charge in [0.1, 0.15) is 5.82 Å². The standard InChI is InChI=1S/C12H16FNO/c1-3-6-9(2)14-12(15)10-7-4-5-8-11(10)13/h4-5,7-9H,3,6H2,1-2H3,(H,14,15)/t9-/m0/s1. The minimum atomic E-state index is -0.473. The molecule has 0 bridgehead atoms. The summed E-state index contributed by atoms with van der Waals surface area (Å²) in [5.41, 5.74) is 0.112. The lowest BCUT2D eigenvalue weighted by Crippen LogP contribution is -2.32. The third-order valence-corrected chi connectivity index (χ3v) is 2.22. The lowest BCUT2D eigenvalue weighted by Gasteiger charge is -2.12. The van der Waals surface area contributed by atoms with Crippen LogP contribution in [0.25, 0.3) is 0 Å². The summed E-state index contributed by atoms with van der Waals surface area (Å²) in [4.78, 5) is 11.6. The van der Waals surface area contributed by atoms with Gasteiger partial charge in [-0.25, -0.2) is 4.39 Å². The molecule has 0 saturated heterocycles. The van der Waals surface area contributed by atoms with Gasteiger partial charge >= 0.3 is 0 Å². The average molecular weight is 209 g/mol. The molecule has 1 amide bonds. The fourth-order valence-corrected chi connectivity index (χ4v) is 1.45. The summed E-state index contributed by atoms with van der Waals surface area (Å²) in [7, 11) is 0. The van der Waals surface area contributed by atoms with Gasteiger partial charge in [-0.1, -0.05) is 25.5 Å². The van der Waals surface area contributed by atoms with E-state index in [9.17, 15) is 9.18 Å². The van der Waals surface area contributed by atoms with Gasteiger partial charge in [0.25, 0.3) is 5.91 Å². The van der Waals surface area contributed by atoms with Gasteiger partial charge in [-0.2, -0.15) is 0 Å². The number of hydrogen-bond donors (Lipinski definition) is 1. The van der Waals surface area contributed by atoms with Crippen LogP contribution in [0, 0.1) is 5.82 Å². The molecule has 3 heteroatoms. The van der Waals surface area contributed by atoms with Gasteiger partial charge in [-0.05, 0) is 25.5 Å². The Morgan fingerprint density at radius 2 is 2.13 bits per heavy atom. The van der Waals surface area contributed by atoms with Crippen LogP contribution in [0.1, 0.15) is 37.0 Å². The zero-order valence-corrected chi connectivity index (χ0v) is 9.09. The molecule has 82 valence electrons. The van der Waals surface area contributed by atoms with Crippen LogP contribution in [0.3, 0.4) is 0 Å². The highest BCUT2D eigenvalue weighted by Crippen LogP contribution is 2.07. The third kappa shape index (κ3) is 3.35. The molecule has 0 radical (unpaired) electrons. The van der Waals surface area contributed by atoms with Crippen molar-refractivity contribution in [2.75, 3.05) is 0 Å². The van der Waals surface area contributed by atoms with E-state index >= 15 is 0 Å². The summed E-state index contributed by atoms with van der Waals surface area (Å²) in [6.07, 6.45) is 1.90. The number of amides is 1. The molecule has 0 spiro atoms. The predicted octanol–water partition coefficient (Wildman–Crippen LogP) is 2.74. The van der Waals surface area contributed by atoms with Gasteiger partial charge in [-0.15, -0.1) is 0 Å². The molecule has 0 aliphatic heterocycles. The van der Waals surface area contributed by atoms with Gasteiger partial charge < -0.3 is 5.32 Å². The lowest BCUT2D eigenvalue weighted by atomic mass is 10.1. The van der Waals surface area contributed by atoms with Gasteiger partial charge in [-0.3, -0.25) is 4.79 Å². The Morgan fingerprint density at radius 3 is 2.73 bits per heavy atom. The van der Waals surface area contributed by atoms with Crippen LogP contribution in [-0.2, 0) is 0 Å². The van der Waals surface area contributed by atoms with E-state index in [1.54, 1.807) is 12.1 Å². The first kappa shape index (κ1) is 11.7. The Balaban J connectivity index is 2.65. The number of hydrogen-bond acceptors (Lipinski definition) is 1. The van der Waals surface area contributed by atoms with E-state index in [4.69, 9.17) is 0 Å². The molecule has 0 aliphatic rings. The van der Waals surface area contributed by atoms with Crippen molar-refractivity contribution in [1.82, 2.24) is 5.32 Å². The molecule has 1 N–H and O–H groups in total. The van der Waals surface area contributed by atoms with E-state index in [0.29, 0.717) is 0 Å². The van der Waals surface area contributed by atoms with E-state index in [1.807, 2.05) is 13.8 Å². The summed E-state index contributed by atoms with van der Waals surface area (Å²) >= 11 is 0. The van der Waals surface area contributed by atoms with Gasteiger partial charge in [0.2, 0.25) is 0 Å². The highest BCUT2D eigenvalue weighted by atomic mass is 19.1. The van der Waals surface area contributed by atoms with E-state index in [-0.39, 0.29) is 17.5 Å². The molecular formula is C12H16FNO. The first-order valence-corrected chi connectivity index (χ1v) is 5.20. The maximum absolute atomic E-state index is 13.2. The van der Waals surface area contributed by atoms with E-state index in [0.717, 1.165) is 12.8 Å². The fourth-order valence-electron chi connectivity index (χ4n) is 1.45. The monoisotopic (exact) mass is 209 g/mol. The molecule has 1 atom stereocenters. The number of rotatable bonds is 4. The fraction of sp³-hybridized carbons (Fsp3) is 0.417. The maximum Gasteiger partial charge on any atom is 0.254 e. The largest absolute Gasteiger partial charge is 0.349 e. The zero-order chi connectivity index (χ0) is 11.3. The molecule has 2 nitrogen and oxygen atoms in total. The van der Waals surface area contributed by atoms with Crippen molar-refractivity contribution in [3.63, 3.8) is 0 Å². The van der Waals surface area contributed by atoms with Crippen molar-refractivity contribution in [2.24, 2.45) is 0 Å². The van der Waals surface area contributed by atoms with Gasteiger partial charge in [0.05, 0.1) is 5.56 Å². The van der Waals surface area contributed by atoms with Gasteiger partial charge in [0, 0.05) is 6.04 Å². The van der Waals surface area contributed by atoms with Crippen molar-refractivity contribution in [3.05, 3.63) is 35.6 Å². The quantitative estimate of drug-likeness (QED) is 0.811. The third-order valence-electron chi connectivity index (χ3n) is 2.22.